The minimum absolute atomic E-state index is 0.135. The fourth-order valence-corrected chi connectivity index (χ4v) is 4.09. The first-order valence-corrected chi connectivity index (χ1v) is 9.41. The minimum atomic E-state index is -1.27. The number of carbonyl (C=O) groups excluding carboxylic acids is 1. The van der Waals surface area contributed by atoms with Crippen LogP contribution >= 0.6 is 0 Å². The molecule has 5 nitrogen and oxygen atoms in total. The lowest BCUT2D eigenvalue weighted by Crippen LogP contribution is -2.59. The lowest BCUT2D eigenvalue weighted by Gasteiger charge is -2.42. The summed E-state index contributed by atoms with van der Waals surface area (Å²) < 4.78 is 0. The van der Waals surface area contributed by atoms with Crippen molar-refractivity contribution in [2.75, 3.05) is 32.8 Å². The molecule has 25 heavy (non-hydrogen) atoms. The number of benzene rings is 1. The van der Waals surface area contributed by atoms with Gasteiger partial charge >= 0.3 is 0 Å². The number of likely N-dealkylation sites (tertiary alicyclic amines) is 2. The monoisotopic (exact) mass is 346 g/mol. The van der Waals surface area contributed by atoms with Crippen molar-refractivity contribution in [1.29, 1.82) is 0 Å². The summed E-state index contributed by atoms with van der Waals surface area (Å²) in [7, 11) is 0. The Balaban J connectivity index is 1.62. The van der Waals surface area contributed by atoms with E-state index in [0.717, 1.165) is 37.9 Å². The van der Waals surface area contributed by atoms with Gasteiger partial charge in [-0.05, 0) is 57.2 Å². The number of aliphatic hydroxyl groups excluding tert-OH is 1. The average Bonchev–Trinajstić information content (AvgIpc) is 2.60. The number of hydrogen-bond donors (Lipinski definition) is 2. The van der Waals surface area contributed by atoms with Crippen molar-refractivity contribution < 1.29 is 15.0 Å². The van der Waals surface area contributed by atoms with Crippen LogP contribution in [0.2, 0.25) is 0 Å². The first kappa shape index (κ1) is 18.4. The summed E-state index contributed by atoms with van der Waals surface area (Å²) in [6, 6.07) is 8.19. The first-order valence-electron chi connectivity index (χ1n) is 9.41. The number of nitrogens with zero attached hydrogens (tertiary/aromatic N) is 2. The summed E-state index contributed by atoms with van der Waals surface area (Å²) in [5.41, 5.74) is 1.03. The Labute approximate surface area is 150 Å². The van der Waals surface area contributed by atoms with E-state index < -0.39 is 5.60 Å². The number of aryl methyl sites for hydroxylation is 1. The van der Waals surface area contributed by atoms with Crippen molar-refractivity contribution in [3.05, 3.63) is 35.4 Å². The van der Waals surface area contributed by atoms with Crippen LogP contribution in [0.3, 0.4) is 0 Å². The van der Waals surface area contributed by atoms with Crippen LogP contribution < -0.4 is 0 Å². The quantitative estimate of drug-likeness (QED) is 0.849. The largest absolute Gasteiger partial charge is 0.396 e. The van der Waals surface area contributed by atoms with Crippen LogP contribution in [0.15, 0.2) is 24.3 Å². The van der Waals surface area contributed by atoms with E-state index in [1.54, 1.807) is 4.90 Å². The molecule has 2 N–H and O–H groups in total. The van der Waals surface area contributed by atoms with Gasteiger partial charge < -0.3 is 15.1 Å². The molecule has 2 saturated heterocycles. The van der Waals surface area contributed by atoms with Gasteiger partial charge in [-0.3, -0.25) is 9.69 Å². The number of β-amino-alcohol motifs (C(OH)–C–C–N with tert-alkyl or cyclic N) is 1. The second-order valence-corrected chi connectivity index (χ2v) is 7.75. The van der Waals surface area contributed by atoms with Crippen LogP contribution in [-0.4, -0.2) is 64.3 Å². The molecule has 1 aromatic rings. The summed E-state index contributed by atoms with van der Waals surface area (Å²) in [6.07, 6.45) is 3.25. The van der Waals surface area contributed by atoms with E-state index >= 15 is 0 Å². The van der Waals surface area contributed by atoms with Gasteiger partial charge in [0.05, 0.1) is 0 Å². The highest BCUT2D eigenvalue weighted by molar-refractivity contribution is 5.86. The maximum absolute atomic E-state index is 12.9. The molecule has 0 saturated carbocycles. The van der Waals surface area contributed by atoms with Crippen molar-refractivity contribution in [3.8, 4) is 0 Å². The number of piperidine rings is 2. The number of aliphatic hydroxyl groups is 2. The molecule has 2 aliphatic heterocycles. The molecule has 2 aliphatic rings. The van der Waals surface area contributed by atoms with Gasteiger partial charge in [0.15, 0.2) is 5.60 Å². The van der Waals surface area contributed by atoms with Crippen molar-refractivity contribution >= 4 is 5.91 Å². The second kappa shape index (κ2) is 7.85. The van der Waals surface area contributed by atoms with E-state index in [1.165, 1.54) is 5.56 Å². The van der Waals surface area contributed by atoms with E-state index in [1.807, 2.05) is 25.1 Å². The Kier molecular flexibility index (Phi) is 5.77. The highest BCUT2D eigenvalue weighted by Gasteiger charge is 2.43. The summed E-state index contributed by atoms with van der Waals surface area (Å²) in [5, 5.41) is 20.3. The molecule has 138 valence electrons. The fourth-order valence-electron chi connectivity index (χ4n) is 4.09. The third-order valence-corrected chi connectivity index (χ3v) is 5.61. The normalized spacial score (nSPS) is 26.2. The standard InChI is InChI=1S/C20H30N2O3/c1-16-4-2-5-18(12-16)13-22-9-3-8-20(25,19(22)24)15-21-10-6-17(14-23)7-11-21/h2,4-5,12,17,23,25H,3,6-11,13-15H2,1H3/t20-/m0/s1. The molecule has 1 aromatic carbocycles. The Morgan fingerprint density at radius 2 is 2.00 bits per heavy atom. The Morgan fingerprint density at radius 1 is 1.24 bits per heavy atom. The van der Waals surface area contributed by atoms with Gasteiger partial charge in [0, 0.05) is 26.2 Å². The van der Waals surface area contributed by atoms with E-state index in [4.69, 9.17) is 0 Å². The minimum Gasteiger partial charge on any atom is -0.396 e. The van der Waals surface area contributed by atoms with Crippen LogP contribution in [0, 0.1) is 12.8 Å². The number of rotatable bonds is 5. The molecule has 1 amide bonds. The average molecular weight is 346 g/mol. The van der Waals surface area contributed by atoms with E-state index in [-0.39, 0.29) is 12.5 Å². The zero-order valence-electron chi connectivity index (χ0n) is 15.2. The van der Waals surface area contributed by atoms with Crippen molar-refractivity contribution in [1.82, 2.24) is 9.80 Å². The van der Waals surface area contributed by atoms with Crippen LogP contribution in [0.5, 0.6) is 0 Å². The lowest BCUT2D eigenvalue weighted by atomic mass is 9.89. The third-order valence-electron chi connectivity index (χ3n) is 5.61. The molecule has 2 heterocycles. The summed E-state index contributed by atoms with van der Waals surface area (Å²) in [6.45, 7) is 5.66. The number of amides is 1. The second-order valence-electron chi connectivity index (χ2n) is 7.75. The van der Waals surface area contributed by atoms with Crippen LogP contribution in [0.25, 0.3) is 0 Å². The molecule has 0 unspecified atom stereocenters. The molecular weight excluding hydrogens is 316 g/mol. The highest BCUT2D eigenvalue weighted by atomic mass is 16.3. The number of carbonyl (C=O) groups is 1. The molecule has 0 spiro atoms. The summed E-state index contributed by atoms with van der Waals surface area (Å²) >= 11 is 0. The SMILES string of the molecule is Cc1cccc(CN2CCC[C@](O)(CN3CCC(CO)CC3)C2=O)c1. The Bertz CT molecular complexity index is 598. The van der Waals surface area contributed by atoms with E-state index in [0.29, 0.717) is 32.0 Å². The van der Waals surface area contributed by atoms with Crippen LogP contribution in [0.1, 0.15) is 36.8 Å². The van der Waals surface area contributed by atoms with Gasteiger partial charge in [-0.2, -0.15) is 0 Å². The molecule has 0 aromatic heterocycles. The van der Waals surface area contributed by atoms with Gasteiger partial charge in [-0.25, -0.2) is 0 Å². The molecule has 0 radical (unpaired) electrons. The maximum atomic E-state index is 12.9. The topological polar surface area (TPSA) is 64.0 Å². The van der Waals surface area contributed by atoms with E-state index in [9.17, 15) is 15.0 Å². The number of hydrogen-bond acceptors (Lipinski definition) is 4. The predicted octanol–water partition coefficient (Wildman–Crippen LogP) is 1.55. The molecular formula is C20H30N2O3. The molecule has 0 aliphatic carbocycles. The Morgan fingerprint density at radius 3 is 2.68 bits per heavy atom. The Hall–Kier alpha value is -1.43. The van der Waals surface area contributed by atoms with Crippen molar-refractivity contribution in [3.63, 3.8) is 0 Å². The highest BCUT2D eigenvalue weighted by Crippen LogP contribution is 2.27. The summed E-state index contributed by atoms with van der Waals surface area (Å²) in [4.78, 5) is 16.9. The molecule has 2 fully saturated rings. The lowest BCUT2D eigenvalue weighted by molar-refractivity contribution is -0.160. The summed E-state index contributed by atoms with van der Waals surface area (Å²) in [5.74, 6) is 0.232. The predicted molar refractivity (Wildman–Crippen MR) is 97.0 cm³/mol. The zero-order chi connectivity index (χ0) is 17.9. The third kappa shape index (κ3) is 4.40. The van der Waals surface area contributed by atoms with Gasteiger partial charge in [0.1, 0.15) is 0 Å². The van der Waals surface area contributed by atoms with E-state index in [2.05, 4.69) is 11.0 Å². The van der Waals surface area contributed by atoms with Gasteiger partial charge in [0.2, 0.25) is 0 Å². The first-order chi connectivity index (χ1) is 12.0. The molecule has 3 rings (SSSR count). The van der Waals surface area contributed by atoms with Gasteiger partial charge in [-0.15, -0.1) is 0 Å². The molecule has 0 bridgehead atoms. The van der Waals surface area contributed by atoms with Gasteiger partial charge in [-0.1, -0.05) is 29.8 Å². The van der Waals surface area contributed by atoms with Gasteiger partial charge in [0.25, 0.3) is 5.91 Å². The van der Waals surface area contributed by atoms with Crippen molar-refractivity contribution in [2.24, 2.45) is 5.92 Å². The molecule has 1 atom stereocenters. The van der Waals surface area contributed by atoms with Crippen molar-refractivity contribution in [2.45, 2.75) is 44.8 Å². The van der Waals surface area contributed by atoms with Crippen LogP contribution in [-0.2, 0) is 11.3 Å². The smallest absolute Gasteiger partial charge is 0.256 e. The molecule has 5 heteroatoms. The maximum Gasteiger partial charge on any atom is 0.256 e. The fraction of sp³-hybridized carbons (Fsp3) is 0.650. The van der Waals surface area contributed by atoms with Crippen LogP contribution in [0.4, 0.5) is 0 Å². The zero-order valence-corrected chi connectivity index (χ0v) is 15.2.